The van der Waals surface area contributed by atoms with Gasteiger partial charge in [-0.3, -0.25) is 0 Å². The number of aromatic nitrogens is 1. The van der Waals surface area contributed by atoms with Crippen molar-refractivity contribution < 1.29 is 0 Å². The molecule has 0 bridgehead atoms. The quantitative estimate of drug-likeness (QED) is 0.442. The molecule has 0 saturated heterocycles. The summed E-state index contributed by atoms with van der Waals surface area (Å²) in [5, 5.41) is 4.73. The topological polar surface area (TPSA) is 25.2 Å². The Morgan fingerprint density at radius 3 is 3.25 bits per heavy atom. The van der Waals surface area contributed by atoms with Gasteiger partial charge in [-0.2, -0.15) is 4.99 Å². The Bertz CT molecular complexity index is 198. The minimum Gasteiger partial charge on any atom is -0.226 e. The number of hydrogen-bond acceptors (Lipinski definition) is 4. The van der Waals surface area contributed by atoms with Gasteiger partial charge >= 0.3 is 0 Å². The lowest BCUT2D eigenvalue weighted by Crippen LogP contribution is -1.52. The van der Waals surface area contributed by atoms with E-state index in [0.29, 0.717) is 5.13 Å². The average molecular weight is 142 g/mol. The highest BCUT2D eigenvalue weighted by atomic mass is 32.1. The molecule has 0 saturated carbocycles. The molecule has 1 aromatic rings. The first-order chi connectivity index (χ1) is 3.93. The maximum Gasteiger partial charge on any atom is 0.218 e. The molecule has 8 heavy (non-hydrogen) atoms. The number of thiocarbonyl (C=S) groups is 1. The molecule has 0 amide bonds. The lowest BCUT2D eigenvalue weighted by Gasteiger charge is -1.69. The van der Waals surface area contributed by atoms with Crippen LogP contribution < -0.4 is 0 Å². The van der Waals surface area contributed by atoms with Crippen molar-refractivity contribution in [1.29, 1.82) is 0 Å². The first-order valence-electron chi connectivity index (χ1n) is 1.91. The van der Waals surface area contributed by atoms with Gasteiger partial charge in [0.05, 0.1) is 5.16 Å². The third-order valence-corrected chi connectivity index (χ3v) is 1.32. The van der Waals surface area contributed by atoms with Crippen molar-refractivity contribution in [2.75, 3.05) is 0 Å². The summed E-state index contributed by atoms with van der Waals surface area (Å²) in [4.78, 5) is 7.47. The third-order valence-electron chi connectivity index (χ3n) is 0.561. The van der Waals surface area contributed by atoms with E-state index in [1.54, 1.807) is 6.20 Å². The average Bonchev–Trinajstić information content (AvgIpc) is 2.19. The molecule has 0 aromatic carbocycles. The normalized spacial score (nSPS) is 8.00. The maximum absolute atomic E-state index is 4.35. The fourth-order valence-electron chi connectivity index (χ4n) is 0.310. The van der Waals surface area contributed by atoms with E-state index in [-0.39, 0.29) is 0 Å². The molecule has 2 nitrogen and oxygen atoms in total. The van der Waals surface area contributed by atoms with Crippen LogP contribution in [0, 0.1) is 0 Å². The molecule has 40 valence electrons. The minimum atomic E-state index is 0.667. The largest absolute Gasteiger partial charge is 0.226 e. The van der Waals surface area contributed by atoms with Crippen LogP contribution in [-0.4, -0.2) is 10.1 Å². The summed E-state index contributed by atoms with van der Waals surface area (Å²) in [6.07, 6.45) is 1.68. The van der Waals surface area contributed by atoms with Crippen molar-refractivity contribution in [2.24, 2.45) is 4.99 Å². The molecule has 0 unspecified atom stereocenters. The first kappa shape index (κ1) is 5.56. The zero-order valence-corrected chi connectivity index (χ0v) is 5.50. The van der Waals surface area contributed by atoms with E-state index < -0.39 is 0 Å². The molecule has 0 aliphatic rings. The summed E-state index contributed by atoms with van der Waals surface area (Å²) in [5.74, 6) is 0. The smallest absolute Gasteiger partial charge is 0.218 e. The molecule has 0 radical (unpaired) electrons. The number of rotatable bonds is 1. The molecular weight excluding hydrogens is 140 g/mol. The van der Waals surface area contributed by atoms with Crippen LogP contribution in [0.15, 0.2) is 16.6 Å². The Balaban J connectivity index is 2.93. The van der Waals surface area contributed by atoms with Gasteiger partial charge in [0, 0.05) is 11.6 Å². The second-order valence-electron chi connectivity index (χ2n) is 1.02. The highest BCUT2D eigenvalue weighted by Gasteiger charge is 1.83. The van der Waals surface area contributed by atoms with Crippen LogP contribution >= 0.6 is 23.6 Å². The zero-order chi connectivity index (χ0) is 5.82. The Hall–Kier alpha value is -0.570. The predicted molar refractivity (Wildman–Crippen MR) is 36.8 cm³/mol. The second-order valence-corrected chi connectivity index (χ2v) is 2.07. The Morgan fingerprint density at radius 2 is 2.75 bits per heavy atom. The Kier molecular flexibility index (Phi) is 1.86. The van der Waals surface area contributed by atoms with Gasteiger partial charge in [0.15, 0.2) is 0 Å². The molecule has 1 aromatic heterocycles. The molecule has 0 spiro atoms. The lowest BCUT2D eigenvalue weighted by atomic mass is 11.0. The van der Waals surface area contributed by atoms with Gasteiger partial charge in [-0.05, 0) is 12.2 Å². The molecule has 0 aliphatic heterocycles. The SMILES string of the molecule is S=C=Nc1nccs1. The van der Waals surface area contributed by atoms with Crippen LogP contribution in [0.25, 0.3) is 0 Å². The van der Waals surface area contributed by atoms with E-state index in [2.05, 4.69) is 27.4 Å². The van der Waals surface area contributed by atoms with E-state index in [1.165, 1.54) is 11.3 Å². The summed E-state index contributed by atoms with van der Waals surface area (Å²) in [6, 6.07) is 0. The van der Waals surface area contributed by atoms with Gasteiger partial charge in [-0.1, -0.05) is 0 Å². The van der Waals surface area contributed by atoms with Crippen LogP contribution in [-0.2, 0) is 0 Å². The van der Waals surface area contributed by atoms with E-state index in [9.17, 15) is 0 Å². The van der Waals surface area contributed by atoms with Gasteiger partial charge in [0.1, 0.15) is 0 Å². The number of isothiocyanates is 1. The first-order valence-corrected chi connectivity index (χ1v) is 3.19. The van der Waals surface area contributed by atoms with Gasteiger partial charge in [0.2, 0.25) is 5.13 Å². The van der Waals surface area contributed by atoms with E-state index in [0.717, 1.165) is 0 Å². The van der Waals surface area contributed by atoms with Gasteiger partial charge in [-0.15, -0.1) is 11.3 Å². The van der Waals surface area contributed by atoms with Crippen molar-refractivity contribution in [1.82, 2.24) is 4.98 Å². The third kappa shape index (κ3) is 1.20. The number of hydrogen-bond donors (Lipinski definition) is 0. The highest BCUT2D eigenvalue weighted by molar-refractivity contribution is 7.78. The van der Waals surface area contributed by atoms with Crippen LogP contribution in [0.1, 0.15) is 0 Å². The number of aliphatic imine (C=N–C) groups is 1. The van der Waals surface area contributed by atoms with Gasteiger partial charge in [-0.25, -0.2) is 4.98 Å². The standard InChI is InChI=1S/C4H2N2S2/c7-3-6-4-5-1-2-8-4/h1-2H. The minimum absolute atomic E-state index is 0.667. The van der Waals surface area contributed by atoms with Crippen molar-refractivity contribution >= 4 is 33.8 Å². The van der Waals surface area contributed by atoms with Crippen molar-refractivity contribution in [3.05, 3.63) is 11.6 Å². The monoisotopic (exact) mass is 142 g/mol. The summed E-state index contributed by atoms with van der Waals surface area (Å²) < 4.78 is 0. The van der Waals surface area contributed by atoms with Crippen molar-refractivity contribution in [3.63, 3.8) is 0 Å². The lowest BCUT2D eigenvalue weighted by molar-refractivity contribution is 1.37. The molecular formula is C4H2N2S2. The molecule has 4 heteroatoms. The van der Waals surface area contributed by atoms with E-state index >= 15 is 0 Å². The number of nitrogens with zero attached hydrogens (tertiary/aromatic N) is 2. The fraction of sp³-hybridized carbons (Fsp3) is 0. The van der Waals surface area contributed by atoms with Crippen LogP contribution in [0.5, 0.6) is 0 Å². The second kappa shape index (κ2) is 2.67. The van der Waals surface area contributed by atoms with Crippen molar-refractivity contribution in [3.8, 4) is 0 Å². The molecule has 1 heterocycles. The molecule has 0 atom stereocenters. The van der Waals surface area contributed by atoms with Crippen LogP contribution in [0.3, 0.4) is 0 Å². The molecule has 0 fully saturated rings. The summed E-state index contributed by atoms with van der Waals surface area (Å²) in [7, 11) is 0. The van der Waals surface area contributed by atoms with Gasteiger partial charge < -0.3 is 0 Å². The van der Waals surface area contributed by atoms with E-state index in [4.69, 9.17) is 0 Å². The maximum atomic E-state index is 4.35. The zero-order valence-electron chi connectivity index (χ0n) is 3.87. The van der Waals surface area contributed by atoms with Crippen molar-refractivity contribution in [2.45, 2.75) is 0 Å². The molecule has 0 aliphatic carbocycles. The molecule has 1 rings (SSSR count). The summed E-state index contributed by atoms with van der Waals surface area (Å²) in [5.41, 5.74) is 0. The predicted octanol–water partition coefficient (Wildman–Crippen LogP) is 1.88. The highest BCUT2D eigenvalue weighted by Crippen LogP contribution is 2.12. The van der Waals surface area contributed by atoms with Gasteiger partial charge in [0.25, 0.3) is 0 Å². The van der Waals surface area contributed by atoms with Crippen LogP contribution in [0.2, 0.25) is 0 Å². The Morgan fingerprint density at radius 1 is 1.88 bits per heavy atom. The van der Waals surface area contributed by atoms with E-state index in [1.807, 2.05) is 5.38 Å². The Labute approximate surface area is 55.9 Å². The summed E-state index contributed by atoms with van der Waals surface area (Å²) >= 11 is 5.79. The number of thiazole rings is 1. The van der Waals surface area contributed by atoms with Crippen LogP contribution in [0.4, 0.5) is 5.13 Å². The summed E-state index contributed by atoms with van der Waals surface area (Å²) in [6.45, 7) is 0. The fourth-order valence-corrected chi connectivity index (χ4v) is 0.918. The molecule has 0 N–H and O–H groups in total.